The molecule has 0 saturated heterocycles. The van der Waals surface area contributed by atoms with Crippen LogP contribution in [0.15, 0.2) is 12.4 Å². The van der Waals surface area contributed by atoms with Crippen molar-refractivity contribution in [3.8, 4) is 0 Å². The van der Waals surface area contributed by atoms with Gasteiger partial charge in [0.25, 0.3) is 0 Å². The Morgan fingerprint density at radius 2 is 2.24 bits per heavy atom. The van der Waals surface area contributed by atoms with Crippen molar-refractivity contribution < 1.29 is 0 Å². The molecule has 2 aliphatic rings. The lowest BCUT2D eigenvalue weighted by atomic mass is 9.79. The lowest BCUT2D eigenvalue weighted by Gasteiger charge is -2.38. The highest BCUT2D eigenvalue weighted by atomic mass is 15.1. The average Bonchev–Trinajstić information content (AvgIpc) is 3.01. The maximum atomic E-state index is 4.49. The first-order chi connectivity index (χ1) is 8.38. The van der Waals surface area contributed by atoms with Gasteiger partial charge in [-0.25, -0.2) is 4.98 Å². The molecule has 0 aromatic carbocycles. The molecule has 2 fully saturated rings. The predicted octanol–water partition coefficient (Wildman–Crippen LogP) is 2.54. The molecular weight excluding hydrogens is 210 g/mol. The summed E-state index contributed by atoms with van der Waals surface area (Å²) < 4.78 is 2.44. The summed E-state index contributed by atoms with van der Waals surface area (Å²) in [4.78, 5) is 4.49. The van der Waals surface area contributed by atoms with Crippen LogP contribution in [0.4, 0.5) is 0 Å². The zero-order chi connectivity index (χ0) is 11.7. The number of aromatic nitrogens is 2. The summed E-state index contributed by atoms with van der Waals surface area (Å²) in [5.41, 5.74) is 0. The average molecular weight is 233 g/mol. The molecule has 17 heavy (non-hydrogen) atoms. The molecule has 1 aromatic heterocycles. The van der Waals surface area contributed by atoms with E-state index in [4.69, 9.17) is 0 Å². The normalized spacial score (nSPS) is 28.1. The minimum absolute atomic E-state index is 0.713. The van der Waals surface area contributed by atoms with E-state index in [9.17, 15) is 0 Å². The summed E-state index contributed by atoms with van der Waals surface area (Å²) in [5, 5.41) is 3.67. The first-order valence-electron chi connectivity index (χ1n) is 7.13. The lowest BCUT2D eigenvalue weighted by Crippen LogP contribution is -2.38. The van der Waals surface area contributed by atoms with Crippen molar-refractivity contribution in [3.63, 3.8) is 0 Å². The molecule has 1 aromatic rings. The minimum Gasteiger partial charge on any atom is -0.332 e. The lowest BCUT2D eigenvalue weighted by molar-refractivity contribution is 0.173. The number of nitrogens with one attached hydrogen (secondary N) is 1. The topological polar surface area (TPSA) is 29.9 Å². The molecule has 0 spiro atoms. The molecule has 2 aliphatic carbocycles. The number of aryl methyl sites for hydroxylation is 1. The monoisotopic (exact) mass is 233 g/mol. The van der Waals surface area contributed by atoms with Gasteiger partial charge >= 0.3 is 0 Å². The first-order valence-corrected chi connectivity index (χ1v) is 7.13. The van der Waals surface area contributed by atoms with Crippen LogP contribution in [-0.2, 0) is 6.42 Å². The van der Waals surface area contributed by atoms with E-state index in [2.05, 4.69) is 28.0 Å². The predicted molar refractivity (Wildman–Crippen MR) is 69.0 cm³/mol. The highest BCUT2D eigenvalue weighted by molar-refractivity contribution is 5.00. The molecule has 0 aliphatic heterocycles. The van der Waals surface area contributed by atoms with E-state index < -0.39 is 0 Å². The second kappa shape index (κ2) is 4.81. The van der Waals surface area contributed by atoms with Crippen LogP contribution in [-0.4, -0.2) is 22.1 Å². The molecule has 0 bridgehead atoms. The molecule has 3 rings (SSSR count). The Bertz CT molecular complexity index is 367. The number of hydrogen-bond donors (Lipinski definition) is 1. The molecule has 94 valence electrons. The maximum absolute atomic E-state index is 4.49. The first kappa shape index (κ1) is 11.3. The van der Waals surface area contributed by atoms with Crippen LogP contribution in [0.3, 0.4) is 0 Å². The second-order valence-electron chi connectivity index (χ2n) is 5.59. The molecule has 0 amide bonds. The zero-order valence-corrected chi connectivity index (χ0v) is 10.7. The van der Waals surface area contributed by atoms with Gasteiger partial charge in [0.15, 0.2) is 0 Å². The standard InChI is InChI=1S/C14H23N3/c1-2-3-14-15-8-9-17(14)13-7-4-11(13)10-16-12-5-6-12/h8-9,11-13,16H,2-7,10H2,1H3. The third-order valence-corrected chi connectivity index (χ3v) is 4.20. The molecule has 2 unspecified atom stereocenters. The second-order valence-corrected chi connectivity index (χ2v) is 5.59. The van der Waals surface area contributed by atoms with E-state index >= 15 is 0 Å². The number of nitrogens with zero attached hydrogens (tertiary/aromatic N) is 2. The molecule has 2 saturated carbocycles. The summed E-state index contributed by atoms with van der Waals surface area (Å²) in [7, 11) is 0. The SMILES string of the molecule is CCCc1nccn1C1CCC1CNC1CC1. The Morgan fingerprint density at radius 3 is 2.88 bits per heavy atom. The molecule has 0 radical (unpaired) electrons. The Labute approximate surface area is 104 Å². The van der Waals surface area contributed by atoms with Crippen LogP contribution in [0.25, 0.3) is 0 Å². The Morgan fingerprint density at radius 1 is 1.35 bits per heavy atom. The van der Waals surface area contributed by atoms with E-state index in [1.54, 1.807) is 0 Å². The summed E-state index contributed by atoms with van der Waals surface area (Å²) in [5.74, 6) is 2.12. The number of imidazole rings is 1. The van der Waals surface area contributed by atoms with Gasteiger partial charge in [0.2, 0.25) is 0 Å². The zero-order valence-electron chi connectivity index (χ0n) is 10.7. The maximum Gasteiger partial charge on any atom is 0.108 e. The Balaban J connectivity index is 1.60. The van der Waals surface area contributed by atoms with Gasteiger partial charge in [0.1, 0.15) is 5.82 Å². The Kier molecular flexibility index (Phi) is 3.19. The van der Waals surface area contributed by atoms with E-state index in [0.29, 0.717) is 6.04 Å². The van der Waals surface area contributed by atoms with Gasteiger partial charge in [-0.05, 0) is 38.0 Å². The van der Waals surface area contributed by atoms with E-state index in [1.165, 1.54) is 44.5 Å². The van der Waals surface area contributed by atoms with Gasteiger partial charge in [0.05, 0.1) is 0 Å². The van der Waals surface area contributed by atoms with Crippen molar-refractivity contribution >= 4 is 0 Å². The molecule has 1 N–H and O–H groups in total. The van der Waals surface area contributed by atoms with Crippen LogP contribution in [0.5, 0.6) is 0 Å². The number of rotatable bonds is 6. The summed E-state index contributed by atoms with van der Waals surface area (Å²) in [6.45, 7) is 3.44. The fourth-order valence-electron chi connectivity index (χ4n) is 2.82. The Hall–Kier alpha value is -0.830. The quantitative estimate of drug-likeness (QED) is 0.818. The summed E-state index contributed by atoms with van der Waals surface area (Å²) in [6, 6.07) is 1.56. The molecule has 1 heterocycles. The van der Waals surface area contributed by atoms with Gasteiger partial charge in [-0.3, -0.25) is 0 Å². The van der Waals surface area contributed by atoms with Gasteiger partial charge in [-0.2, -0.15) is 0 Å². The van der Waals surface area contributed by atoms with Gasteiger partial charge < -0.3 is 9.88 Å². The van der Waals surface area contributed by atoms with Crippen molar-refractivity contribution in [1.82, 2.24) is 14.9 Å². The van der Waals surface area contributed by atoms with E-state index in [-0.39, 0.29) is 0 Å². The summed E-state index contributed by atoms with van der Waals surface area (Å²) in [6.07, 6.45) is 12.0. The fourth-order valence-corrected chi connectivity index (χ4v) is 2.82. The van der Waals surface area contributed by atoms with Crippen LogP contribution >= 0.6 is 0 Å². The number of hydrogen-bond acceptors (Lipinski definition) is 2. The highest BCUT2D eigenvalue weighted by Gasteiger charge is 2.34. The van der Waals surface area contributed by atoms with E-state index in [0.717, 1.165) is 18.4 Å². The third-order valence-electron chi connectivity index (χ3n) is 4.20. The van der Waals surface area contributed by atoms with Crippen LogP contribution in [0.2, 0.25) is 0 Å². The van der Waals surface area contributed by atoms with Crippen LogP contribution in [0.1, 0.15) is 50.9 Å². The molecule has 2 atom stereocenters. The van der Waals surface area contributed by atoms with E-state index in [1.807, 2.05) is 6.20 Å². The fraction of sp³-hybridized carbons (Fsp3) is 0.786. The largest absolute Gasteiger partial charge is 0.332 e. The highest BCUT2D eigenvalue weighted by Crippen LogP contribution is 2.39. The summed E-state index contributed by atoms with van der Waals surface area (Å²) >= 11 is 0. The van der Waals surface area contributed by atoms with Gasteiger partial charge in [-0.1, -0.05) is 6.92 Å². The van der Waals surface area contributed by atoms with Crippen molar-refractivity contribution in [2.24, 2.45) is 5.92 Å². The smallest absolute Gasteiger partial charge is 0.108 e. The van der Waals surface area contributed by atoms with Gasteiger partial charge in [-0.15, -0.1) is 0 Å². The molecule has 3 nitrogen and oxygen atoms in total. The van der Waals surface area contributed by atoms with Crippen LogP contribution in [0, 0.1) is 5.92 Å². The van der Waals surface area contributed by atoms with Crippen molar-refractivity contribution in [3.05, 3.63) is 18.2 Å². The molecule has 3 heteroatoms. The minimum atomic E-state index is 0.713. The van der Waals surface area contributed by atoms with Crippen molar-refractivity contribution in [2.45, 2.75) is 57.5 Å². The van der Waals surface area contributed by atoms with Crippen molar-refractivity contribution in [1.29, 1.82) is 0 Å². The van der Waals surface area contributed by atoms with Crippen molar-refractivity contribution in [2.75, 3.05) is 6.54 Å². The molecular formula is C14H23N3. The third kappa shape index (κ3) is 2.39. The van der Waals surface area contributed by atoms with Gasteiger partial charge in [0, 0.05) is 37.4 Å². The van der Waals surface area contributed by atoms with Crippen LogP contribution < -0.4 is 5.32 Å².